The summed E-state index contributed by atoms with van der Waals surface area (Å²) in [5.74, 6) is -0.489. The predicted molar refractivity (Wildman–Crippen MR) is 85.3 cm³/mol. The molecule has 0 rings (SSSR count). The Labute approximate surface area is 129 Å². The third-order valence-electron chi connectivity index (χ3n) is 4.13. The lowest BCUT2D eigenvalue weighted by molar-refractivity contribution is -0.147. The van der Waals surface area contributed by atoms with Crippen LogP contribution in [0.1, 0.15) is 60.8 Å². The molecule has 0 aromatic heterocycles. The molecule has 0 saturated carbocycles. The van der Waals surface area contributed by atoms with Crippen LogP contribution in [0.3, 0.4) is 0 Å². The van der Waals surface area contributed by atoms with Crippen LogP contribution < -0.4 is 5.32 Å². The van der Waals surface area contributed by atoms with Gasteiger partial charge in [-0.15, -0.1) is 0 Å². The summed E-state index contributed by atoms with van der Waals surface area (Å²) >= 11 is 0. The molecule has 2 amide bonds. The lowest BCUT2D eigenvalue weighted by atomic mass is 9.88. The number of carboxylic acids is 1. The van der Waals surface area contributed by atoms with Crippen LogP contribution in [0.4, 0.5) is 4.79 Å². The summed E-state index contributed by atoms with van der Waals surface area (Å²) in [5.41, 5.74) is -0.910. The van der Waals surface area contributed by atoms with Gasteiger partial charge in [-0.25, -0.2) is 4.79 Å². The van der Waals surface area contributed by atoms with Crippen LogP contribution in [0.5, 0.6) is 0 Å². The van der Waals surface area contributed by atoms with Crippen molar-refractivity contribution >= 4 is 12.0 Å². The van der Waals surface area contributed by atoms with E-state index in [1.54, 1.807) is 6.92 Å². The van der Waals surface area contributed by atoms with E-state index in [1.165, 1.54) is 0 Å². The van der Waals surface area contributed by atoms with Gasteiger partial charge in [0.05, 0.1) is 5.41 Å². The Morgan fingerprint density at radius 1 is 1.19 bits per heavy atom. The molecule has 0 aliphatic heterocycles. The monoisotopic (exact) mass is 300 g/mol. The molecular formula is C16H32N2O3. The summed E-state index contributed by atoms with van der Waals surface area (Å²) in [4.78, 5) is 25.6. The van der Waals surface area contributed by atoms with Crippen LogP contribution >= 0.6 is 0 Å². The molecular weight excluding hydrogens is 268 g/mol. The lowest BCUT2D eigenvalue weighted by Gasteiger charge is -2.33. The van der Waals surface area contributed by atoms with Crippen molar-refractivity contribution in [1.82, 2.24) is 10.2 Å². The number of carbonyl (C=O) groups excluding carboxylic acids is 1. The van der Waals surface area contributed by atoms with Crippen molar-refractivity contribution in [3.05, 3.63) is 0 Å². The second-order valence-corrected chi connectivity index (χ2v) is 6.39. The average molecular weight is 300 g/mol. The highest BCUT2D eigenvalue weighted by molar-refractivity contribution is 5.78. The highest BCUT2D eigenvalue weighted by Gasteiger charge is 2.32. The molecule has 0 saturated heterocycles. The Morgan fingerprint density at radius 3 is 2.05 bits per heavy atom. The van der Waals surface area contributed by atoms with Crippen molar-refractivity contribution in [3.63, 3.8) is 0 Å². The number of aliphatic carboxylic acids is 1. The fourth-order valence-electron chi connectivity index (χ4n) is 2.24. The van der Waals surface area contributed by atoms with E-state index in [9.17, 15) is 14.7 Å². The molecule has 1 atom stereocenters. The highest BCUT2D eigenvalue weighted by atomic mass is 16.4. The first kappa shape index (κ1) is 19.7. The highest BCUT2D eigenvalue weighted by Crippen LogP contribution is 2.20. The summed E-state index contributed by atoms with van der Waals surface area (Å²) in [6.45, 7) is 12.6. The van der Waals surface area contributed by atoms with Crippen LogP contribution in [0.15, 0.2) is 0 Å². The summed E-state index contributed by atoms with van der Waals surface area (Å²) in [5, 5.41) is 12.1. The van der Waals surface area contributed by atoms with Crippen molar-refractivity contribution in [2.75, 3.05) is 13.1 Å². The van der Waals surface area contributed by atoms with Gasteiger partial charge in [-0.2, -0.15) is 0 Å². The van der Waals surface area contributed by atoms with Gasteiger partial charge >= 0.3 is 12.0 Å². The van der Waals surface area contributed by atoms with E-state index in [-0.39, 0.29) is 18.6 Å². The van der Waals surface area contributed by atoms with Crippen molar-refractivity contribution < 1.29 is 14.7 Å². The first-order valence-corrected chi connectivity index (χ1v) is 7.99. The van der Waals surface area contributed by atoms with Crippen molar-refractivity contribution in [2.45, 2.75) is 66.8 Å². The number of carboxylic acid groups (broad SMARTS) is 1. The third-order valence-corrected chi connectivity index (χ3v) is 4.13. The largest absolute Gasteiger partial charge is 0.481 e. The van der Waals surface area contributed by atoms with E-state index in [4.69, 9.17) is 0 Å². The Balaban J connectivity index is 4.86. The maximum atomic E-state index is 12.4. The molecule has 21 heavy (non-hydrogen) atoms. The number of nitrogens with zero attached hydrogens (tertiary/aromatic N) is 1. The minimum atomic E-state index is -0.910. The Kier molecular flexibility index (Phi) is 8.37. The average Bonchev–Trinajstić information content (AvgIpc) is 2.43. The fourth-order valence-corrected chi connectivity index (χ4v) is 2.24. The zero-order chi connectivity index (χ0) is 16.6. The molecule has 0 bridgehead atoms. The number of urea groups is 1. The van der Waals surface area contributed by atoms with Gasteiger partial charge in [0.2, 0.25) is 0 Å². The molecule has 5 heteroatoms. The van der Waals surface area contributed by atoms with Crippen LogP contribution in [0, 0.1) is 11.3 Å². The van der Waals surface area contributed by atoms with Crippen molar-refractivity contribution in [3.8, 4) is 0 Å². The predicted octanol–water partition coefficient (Wildman–Crippen LogP) is 3.34. The van der Waals surface area contributed by atoms with E-state index < -0.39 is 11.4 Å². The summed E-state index contributed by atoms with van der Waals surface area (Å²) in [6.07, 6.45) is 2.29. The van der Waals surface area contributed by atoms with Crippen molar-refractivity contribution in [2.24, 2.45) is 11.3 Å². The van der Waals surface area contributed by atoms with E-state index in [1.807, 2.05) is 11.8 Å². The molecule has 0 aliphatic carbocycles. The van der Waals surface area contributed by atoms with Crippen LogP contribution in [-0.4, -0.2) is 41.1 Å². The van der Waals surface area contributed by atoms with E-state index >= 15 is 0 Å². The number of hydrogen-bond donors (Lipinski definition) is 2. The maximum absolute atomic E-state index is 12.4. The van der Waals surface area contributed by atoms with Gasteiger partial charge in [-0.05, 0) is 32.1 Å². The number of carbonyl (C=O) groups is 2. The SMILES string of the molecule is CCC(CC)N(CC(C)C)C(=O)NCC(C)(CC)C(=O)O. The molecule has 2 N–H and O–H groups in total. The first-order chi connectivity index (χ1) is 9.71. The van der Waals surface area contributed by atoms with Gasteiger partial charge in [0.15, 0.2) is 0 Å². The van der Waals surface area contributed by atoms with Gasteiger partial charge < -0.3 is 15.3 Å². The summed E-state index contributed by atoms with van der Waals surface area (Å²) in [6, 6.07) is 0.0448. The van der Waals surface area contributed by atoms with Crippen LogP contribution in [-0.2, 0) is 4.79 Å². The molecule has 0 spiro atoms. The third kappa shape index (κ3) is 5.94. The van der Waals surface area contributed by atoms with Gasteiger partial charge in [0.1, 0.15) is 0 Å². The number of amides is 2. The smallest absolute Gasteiger partial charge is 0.317 e. The molecule has 5 nitrogen and oxygen atoms in total. The zero-order valence-electron chi connectivity index (χ0n) is 14.4. The Hall–Kier alpha value is -1.26. The first-order valence-electron chi connectivity index (χ1n) is 7.99. The minimum Gasteiger partial charge on any atom is -0.481 e. The molecule has 1 unspecified atom stereocenters. The number of hydrogen-bond acceptors (Lipinski definition) is 2. The molecule has 0 aromatic rings. The topological polar surface area (TPSA) is 69.6 Å². The second-order valence-electron chi connectivity index (χ2n) is 6.39. The van der Waals surface area contributed by atoms with Gasteiger partial charge in [0, 0.05) is 19.1 Å². The van der Waals surface area contributed by atoms with Crippen molar-refractivity contribution in [1.29, 1.82) is 0 Å². The molecule has 0 aliphatic rings. The molecule has 0 radical (unpaired) electrons. The van der Waals surface area contributed by atoms with Crippen LogP contribution in [0.25, 0.3) is 0 Å². The molecule has 0 aromatic carbocycles. The minimum absolute atomic E-state index is 0.154. The molecule has 124 valence electrons. The Bertz CT molecular complexity index is 340. The second kappa shape index (κ2) is 8.90. The Morgan fingerprint density at radius 2 is 1.71 bits per heavy atom. The lowest BCUT2D eigenvalue weighted by Crippen LogP contribution is -2.50. The number of rotatable bonds is 9. The standard InChI is InChI=1S/C16H32N2O3/c1-7-13(8-2)18(10-12(4)5)15(21)17-11-16(6,9-3)14(19)20/h12-13H,7-11H2,1-6H3,(H,17,21)(H,19,20). The summed E-state index contributed by atoms with van der Waals surface area (Å²) < 4.78 is 0. The molecule has 0 fully saturated rings. The fraction of sp³-hybridized carbons (Fsp3) is 0.875. The zero-order valence-corrected chi connectivity index (χ0v) is 14.4. The molecule has 0 heterocycles. The van der Waals surface area contributed by atoms with Gasteiger partial charge in [-0.3, -0.25) is 4.79 Å². The quantitative estimate of drug-likeness (QED) is 0.686. The van der Waals surface area contributed by atoms with E-state index in [2.05, 4.69) is 33.0 Å². The van der Waals surface area contributed by atoms with Crippen LogP contribution in [0.2, 0.25) is 0 Å². The van der Waals surface area contributed by atoms with Gasteiger partial charge in [-0.1, -0.05) is 34.6 Å². The normalized spacial score (nSPS) is 14.1. The maximum Gasteiger partial charge on any atom is 0.317 e. The summed E-state index contributed by atoms with van der Waals surface area (Å²) in [7, 11) is 0. The van der Waals surface area contributed by atoms with E-state index in [0.29, 0.717) is 18.9 Å². The van der Waals surface area contributed by atoms with Gasteiger partial charge in [0.25, 0.3) is 0 Å². The van der Waals surface area contributed by atoms with E-state index in [0.717, 1.165) is 12.8 Å². The number of nitrogens with one attached hydrogen (secondary N) is 1.